The van der Waals surface area contributed by atoms with E-state index in [-0.39, 0.29) is 10.6 Å². The number of methoxy groups -OCH3 is 1. The fourth-order valence-corrected chi connectivity index (χ4v) is 3.84. The average Bonchev–Trinajstić information content (AvgIpc) is 2.95. The standard InChI is InChI=1S/C14H16BrFO/c1-17-13-3-2-8(7-12(13)16)14(15)11-5-9-4-10(9)6-11/h2-3,7,9-11,14H,4-6H2,1H3. The third-order valence-corrected chi connectivity index (χ3v) is 5.46. The molecule has 1 aromatic rings. The highest BCUT2D eigenvalue weighted by atomic mass is 79.9. The number of hydrogen-bond acceptors (Lipinski definition) is 1. The second-order valence-electron chi connectivity index (χ2n) is 5.28. The van der Waals surface area contributed by atoms with Crippen molar-refractivity contribution >= 4 is 15.9 Å². The molecule has 3 unspecified atom stereocenters. The van der Waals surface area contributed by atoms with Gasteiger partial charge in [0.15, 0.2) is 11.6 Å². The molecule has 2 saturated carbocycles. The summed E-state index contributed by atoms with van der Waals surface area (Å²) in [6.07, 6.45) is 4.02. The van der Waals surface area contributed by atoms with Crippen LogP contribution < -0.4 is 4.74 Å². The molecule has 2 fully saturated rings. The number of hydrogen-bond donors (Lipinski definition) is 0. The van der Waals surface area contributed by atoms with Gasteiger partial charge in [0, 0.05) is 4.83 Å². The zero-order valence-electron chi connectivity index (χ0n) is 9.83. The van der Waals surface area contributed by atoms with Crippen molar-refractivity contribution in [2.45, 2.75) is 24.1 Å². The number of fused-ring (bicyclic) bond motifs is 1. The van der Waals surface area contributed by atoms with Crippen molar-refractivity contribution in [3.8, 4) is 5.75 Å². The predicted molar refractivity (Wildman–Crippen MR) is 68.9 cm³/mol. The van der Waals surface area contributed by atoms with E-state index in [1.165, 1.54) is 26.4 Å². The van der Waals surface area contributed by atoms with Gasteiger partial charge in [-0.3, -0.25) is 0 Å². The first-order valence-electron chi connectivity index (χ1n) is 6.16. The van der Waals surface area contributed by atoms with Gasteiger partial charge >= 0.3 is 0 Å². The summed E-state index contributed by atoms with van der Waals surface area (Å²) in [7, 11) is 1.49. The first-order chi connectivity index (χ1) is 8.19. The van der Waals surface area contributed by atoms with Gasteiger partial charge in [-0.2, -0.15) is 0 Å². The molecule has 1 nitrogen and oxygen atoms in total. The largest absolute Gasteiger partial charge is 0.494 e. The lowest BCUT2D eigenvalue weighted by Gasteiger charge is -2.19. The molecule has 0 radical (unpaired) electrons. The van der Waals surface area contributed by atoms with Gasteiger partial charge < -0.3 is 4.74 Å². The van der Waals surface area contributed by atoms with Crippen LogP contribution in [0.3, 0.4) is 0 Å². The van der Waals surface area contributed by atoms with Crippen LogP contribution in [0.15, 0.2) is 18.2 Å². The van der Waals surface area contributed by atoms with Gasteiger partial charge in [-0.25, -0.2) is 4.39 Å². The minimum absolute atomic E-state index is 0.266. The SMILES string of the molecule is COc1ccc(C(Br)C2CC3CC3C2)cc1F. The lowest BCUT2D eigenvalue weighted by atomic mass is 9.94. The Morgan fingerprint density at radius 3 is 2.59 bits per heavy atom. The molecule has 0 N–H and O–H groups in total. The number of rotatable bonds is 3. The number of benzene rings is 1. The first kappa shape index (κ1) is 11.5. The molecule has 0 amide bonds. The number of alkyl halides is 1. The van der Waals surface area contributed by atoms with Crippen molar-refractivity contribution in [2.75, 3.05) is 7.11 Å². The number of ether oxygens (including phenoxy) is 1. The maximum Gasteiger partial charge on any atom is 0.165 e. The van der Waals surface area contributed by atoms with Crippen molar-refractivity contribution in [2.24, 2.45) is 17.8 Å². The summed E-state index contributed by atoms with van der Waals surface area (Å²) in [5.74, 6) is 2.65. The van der Waals surface area contributed by atoms with E-state index in [9.17, 15) is 4.39 Å². The Bertz CT molecular complexity index is 424. The highest BCUT2D eigenvalue weighted by Gasteiger charge is 2.47. The molecule has 0 heterocycles. The zero-order chi connectivity index (χ0) is 12.0. The monoisotopic (exact) mass is 298 g/mol. The number of halogens is 2. The summed E-state index contributed by atoms with van der Waals surface area (Å²) in [6, 6.07) is 5.28. The van der Waals surface area contributed by atoms with Gasteiger partial charge in [0.1, 0.15) is 0 Å². The Morgan fingerprint density at radius 2 is 2.00 bits per heavy atom. The third kappa shape index (κ3) is 2.10. The Hall–Kier alpha value is -0.570. The normalized spacial score (nSPS) is 32.1. The molecule has 0 bridgehead atoms. The summed E-state index contributed by atoms with van der Waals surface area (Å²) in [5.41, 5.74) is 1.04. The van der Waals surface area contributed by atoms with E-state index in [1.54, 1.807) is 12.1 Å². The average molecular weight is 299 g/mol. The molecule has 1 aromatic carbocycles. The van der Waals surface area contributed by atoms with E-state index in [2.05, 4.69) is 15.9 Å². The van der Waals surface area contributed by atoms with Gasteiger partial charge in [0.2, 0.25) is 0 Å². The molecular formula is C14H16BrFO. The Balaban J connectivity index is 1.76. The second-order valence-corrected chi connectivity index (χ2v) is 6.27. The van der Waals surface area contributed by atoms with E-state index >= 15 is 0 Å². The molecule has 3 heteroatoms. The minimum Gasteiger partial charge on any atom is -0.494 e. The van der Waals surface area contributed by atoms with Gasteiger partial charge in [-0.15, -0.1) is 0 Å². The van der Waals surface area contributed by atoms with Crippen LogP contribution >= 0.6 is 15.9 Å². The molecule has 2 aliphatic carbocycles. The Kier molecular flexibility index (Phi) is 2.89. The van der Waals surface area contributed by atoms with Crippen molar-refractivity contribution in [1.82, 2.24) is 0 Å². The van der Waals surface area contributed by atoms with Crippen LogP contribution in [0.5, 0.6) is 5.75 Å². The van der Waals surface area contributed by atoms with Crippen molar-refractivity contribution in [1.29, 1.82) is 0 Å². The summed E-state index contributed by atoms with van der Waals surface area (Å²) in [5, 5.41) is 0. The second kappa shape index (κ2) is 4.27. The highest BCUT2D eigenvalue weighted by molar-refractivity contribution is 9.09. The Labute approximate surface area is 109 Å². The van der Waals surface area contributed by atoms with E-state index in [1.807, 2.05) is 6.07 Å². The van der Waals surface area contributed by atoms with Crippen molar-refractivity contribution < 1.29 is 9.13 Å². The quantitative estimate of drug-likeness (QED) is 0.755. The van der Waals surface area contributed by atoms with E-state index in [0.717, 1.165) is 17.4 Å². The van der Waals surface area contributed by atoms with Crippen LogP contribution in [0.1, 0.15) is 29.7 Å². The van der Waals surface area contributed by atoms with Crippen LogP contribution in [0.25, 0.3) is 0 Å². The summed E-state index contributed by atoms with van der Waals surface area (Å²) < 4.78 is 18.6. The van der Waals surface area contributed by atoms with Gasteiger partial charge in [-0.1, -0.05) is 22.0 Å². The van der Waals surface area contributed by atoms with Crippen LogP contribution in [0.4, 0.5) is 4.39 Å². The molecule has 2 aliphatic rings. The third-order valence-electron chi connectivity index (χ3n) is 4.19. The molecule has 3 atom stereocenters. The molecule has 0 aliphatic heterocycles. The van der Waals surface area contributed by atoms with Crippen molar-refractivity contribution in [3.05, 3.63) is 29.6 Å². The summed E-state index contributed by atoms with van der Waals surface area (Å²) in [6.45, 7) is 0. The topological polar surface area (TPSA) is 9.23 Å². The van der Waals surface area contributed by atoms with Gasteiger partial charge in [-0.05, 0) is 54.7 Å². The maximum atomic E-state index is 13.6. The summed E-state index contributed by atoms with van der Waals surface area (Å²) in [4.78, 5) is 0.288. The van der Waals surface area contributed by atoms with E-state index in [4.69, 9.17) is 4.74 Å². The zero-order valence-corrected chi connectivity index (χ0v) is 11.4. The lowest BCUT2D eigenvalue weighted by molar-refractivity contribution is 0.385. The highest BCUT2D eigenvalue weighted by Crippen LogP contribution is 2.58. The molecule has 0 aromatic heterocycles. The van der Waals surface area contributed by atoms with Crippen molar-refractivity contribution in [3.63, 3.8) is 0 Å². The van der Waals surface area contributed by atoms with Crippen LogP contribution in [-0.2, 0) is 0 Å². The molecule has 17 heavy (non-hydrogen) atoms. The smallest absolute Gasteiger partial charge is 0.165 e. The van der Waals surface area contributed by atoms with E-state index < -0.39 is 0 Å². The fourth-order valence-electron chi connectivity index (χ4n) is 3.13. The Morgan fingerprint density at radius 1 is 1.29 bits per heavy atom. The molecule has 92 valence electrons. The van der Waals surface area contributed by atoms with E-state index in [0.29, 0.717) is 11.7 Å². The molecule has 3 rings (SSSR count). The van der Waals surface area contributed by atoms with Crippen LogP contribution in [-0.4, -0.2) is 7.11 Å². The minimum atomic E-state index is -0.266. The lowest BCUT2D eigenvalue weighted by Crippen LogP contribution is -2.06. The van der Waals surface area contributed by atoms with Crippen LogP contribution in [0.2, 0.25) is 0 Å². The van der Waals surface area contributed by atoms with Gasteiger partial charge in [0.05, 0.1) is 7.11 Å². The van der Waals surface area contributed by atoms with Gasteiger partial charge in [0.25, 0.3) is 0 Å². The maximum absolute atomic E-state index is 13.6. The summed E-state index contributed by atoms with van der Waals surface area (Å²) >= 11 is 3.73. The molecule has 0 spiro atoms. The first-order valence-corrected chi connectivity index (χ1v) is 7.08. The predicted octanol–water partition coefficient (Wildman–Crippen LogP) is 4.32. The molecule has 0 saturated heterocycles. The molecular weight excluding hydrogens is 283 g/mol. The van der Waals surface area contributed by atoms with Crippen LogP contribution in [0, 0.1) is 23.6 Å². The fraction of sp³-hybridized carbons (Fsp3) is 0.571.